The smallest absolute Gasteiger partial charge is 0.338 e. The van der Waals surface area contributed by atoms with Crippen LogP contribution in [0, 0.1) is 0 Å². The lowest BCUT2D eigenvalue weighted by Crippen LogP contribution is -2.40. The highest BCUT2D eigenvalue weighted by Gasteiger charge is 2.33. The zero-order valence-corrected chi connectivity index (χ0v) is 22.2. The quantitative estimate of drug-likeness (QED) is 0.278. The Morgan fingerprint density at radius 2 is 1.89 bits per heavy atom. The Balaban J connectivity index is 1.89. The van der Waals surface area contributed by atoms with Crippen LogP contribution in [0.3, 0.4) is 0 Å². The molecular weight excluding hydrogens is 496 g/mol. The zero-order chi connectivity index (χ0) is 26.0. The SMILES string of the molecule is CSc1ccc(C2C(C(=O)OC(C)C)=C(C)N=c3sc(=Cc4cccc(OC(C)=O)c4)c(=O)n32)cc1. The van der Waals surface area contributed by atoms with E-state index in [0.29, 0.717) is 31.9 Å². The average Bonchev–Trinajstić information content (AvgIpc) is 3.12. The molecule has 36 heavy (non-hydrogen) atoms. The summed E-state index contributed by atoms with van der Waals surface area (Å²) in [5.74, 6) is -0.519. The molecular formula is C27H26N2O5S2. The lowest BCUT2D eigenvalue weighted by Gasteiger charge is -2.25. The van der Waals surface area contributed by atoms with Crippen molar-refractivity contribution in [3.8, 4) is 5.75 Å². The zero-order valence-electron chi connectivity index (χ0n) is 20.6. The van der Waals surface area contributed by atoms with Crippen molar-refractivity contribution in [2.45, 2.75) is 44.7 Å². The van der Waals surface area contributed by atoms with Crippen LogP contribution >= 0.6 is 23.1 Å². The number of esters is 2. The summed E-state index contributed by atoms with van der Waals surface area (Å²) in [6.07, 6.45) is 3.41. The van der Waals surface area contributed by atoms with Crippen LogP contribution in [0.1, 0.15) is 44.9 Å². The third kappa shape index (κ3) is 5.37. The molecule has 4 rings (SSSR count). The van der Waals surface area contributed by atoms with Gasteiger partial charge in [0.25, 0.3) is 5.56 Å². The number of hydrogen-bond acceptors (Lipinski definition) is 8. The van der Waals surface area contributed by atoms with Gasteiger partial charge in [0, 0.05) is 11.8 Å². The number of allylic oxidation sites excluding steroid dienone is 1. The largest absolute Gasteiger partial charge is 0.459 e. The topological polar surface area (TPSA) is 87.0 Å². The van der Waals surface area contributed by atoms with E-state index in [1.807, 2.05) is 36.6 Å². The molecule has 0 N–H and O–H groups in total. The second-order valence-corrected chi connectivity index (χ2v) is 10.4. The second kappa shape index (κ2) is 10.7. The molecule has 2 heterocycles. The van der Waals surface area contributed by atoms with Crippen molar-refractivity contribution >= 4 is 41.1 Å². The number of aromatic nitrogens is 1. The maximum Gasteiger partial charge on any atom is 0.338 e. The molecule has 2 aromatic carbocycles. The van der Waals surface area contributed by atoms with Crippen molar-refractivity contribution in [2.24, 2.45) is 4.99 Å². The molecule has 0 spiro atoms. The normalized spacial score (nSPS) is 15.5. The van der Waals surface area contributed by atoms with E-state index >= 15 is 0 Å². The van der Waals surface area contributed by atoms with Crippen molar-refractivity contribution in [2.75, 3.05) is 6.26 Å². The van der Waals surface area contributed by atoms with Gasteiger partial charge in [-0.1, -0.05) is 35.6 Å². The number of hydrogen-bond donors (Lipinski definition) is 0. The average molecular weight is 523 g/mol. The van der Waals surface area contributed by atoms with Gasteiger partial charge in [-0.05, 0) is 68.5 Å². The minimum Gasteiger partial charge on any atom is -0.459 e. The molecule has 0 radical (unpaired) electrons. The maximum absolute atomic E-state index is 13.7. The summed E-state index contributed by atoms with van der Waals surface area (Å²) < 4.78 is 12.7. The minimum atomic E-state index is -0.669. The molecule has 7 nitrogen and oxygen atoms in total. The maximum atomic E-state index is 13.7. The van der Waals surface area contributed by atoms with E-state index in [0.717, 1.165) is 10.5 Å². The van der Waals surface area contributed by atoms with Crippen LogP contribution < -0.4 is 19.6 Å². The van der Waals surface area contributed by atoms with Gasteiger partial charge in [-0.25, -0.2) is 9.79 Å². The fourth-order valence-corrected chi connectivity index (χ4v) is 5.40. The van der Waals surface area contributed by atoms with Gasteiger partial charge in [0.1, 0.15) is 5.75 Å². The van der Waals surface area contributed by atoms with E-state index in [1.165, 1.54) is 18.3 Å². The molecule has 0 aliphatic carbocycles. The van der Waals surface area contributed by atoms with Gasteiger partial charge in [-0.3, -0.25) is 14.2 Å². The molecule has 186 valence electrons. The summed E-state index contributed by atoms with van der Waals surface area (Å²) in [6, 6.07) is 14.1. The molecule has 0 saturated heterocycles. The summed E-state index contributed by atoms with van der Waals surface area (Å²) in [7, 11) is 0. The Labute approximate surface area is 216 Å². The first-order valence-electron chi connectivity index (χ1n) is 11.3. The number of carbonyl (C=O) groups excluding carboxylic acids is 2. The fourth-order valence-electron chi connectivity index (χ4n) is 3.95. The number of rotatable bonds is 6. The Morgan fingerprint density at radius 3 is 2.53 bits per heavy atom. The van der Waals surface area contributed by atoms with Crippen LogP contribution in [0.4, 0.5) is 0 Å². The van der Waals surface area contributed by atoms with Crippen LogP contribution in [0.2, 0.25) is 0 Å². The number of carbonyl (C=O) groups is 2. The number of thioether (sulfide) groups is 1. The van der Waals surface area contributed by atoms with Gasteiger partial charge in [0.2, 0.25) is 0 Å². The molecule has 0 saturated carbocycles. The van der Waals surface area contributed by atoms with Crippen LogP contribution in [0.25, 0.3) is 6.08 Å². The molecule has 1 aliphatic heterocycles. The first-order chi connectivity index (χ1) is 17.2. The van der Waals surface area contributed by atoms with Crippen LogP contribution in [0.15, 0.2) is 74.5 Å². The Hall–Kier alpha value is -3.43. The van der Waals surface area contributed by atoms with Gasteiger partial charge in [0.15, 0.2) is 4.80 Å². The highest BCUT2D eigenvalue weighted by atomic mass is 32.2. The van der Waals surface area contributed by atoms with Crippen molar-refractivity contribution < 1.29 is 19.1 Å². The van der Waals surface area contributed by atoms with E-state index in [4.69, 9.17) is 9.47 Å². The van der Waals surface area contributed by atoms with Gasteiger partial charge in [0.05, 0.1) is 27.9 Å². The Kier molecular flexibility index (Phi) is 7.61. The number of thiazole rings is 1. The molecule has 0 bridgehead atoms. The third-order valence-corrected chi connectivity index (χ3v) is 7.16. The lowest BCUT2D eigenvalue weighted by molar-refractivity contribution is -0.143. The van der Waals surface area contributed by atoms with E-state index in [2.05, 4.69) is 4.99 Å². The first kappa shape index (κ1) is 25.7. The van der Waals surface area contributed by atoms with Crippen molar-refractivity contribution in [3.05, 3.63) is 90.6 Å². The first-order valence-corrected chi connectivity index (χ1v) is 13.4. The summed E-state index contributed by atoms with van der Waals surface area (Å²) >= 11 is 2.86. The molecule has 1 atom stereocenters. The second-order valence-electron chi connectivity index (χ2n) is 8.48. The molecule has 1 aromatic heterocycles. The summed E-state index contributed by atoms with van der Waals surface area (Å²) in [6.45, 7) is 6.67. The highest BCUT2D eigenvalue weighted by Crippen LogP contribution is 2.32. The Bertz CT molecular complexity index is 1530. The summed E-state index contributed by atoms with van der Waals surface area (Å²) in [5.41, 5.74) is 2.09. The van der Waals surface area contributed by atoms with E-state index in [9.17, 15) is 14.4 Å². The third-order valence-electron chi connectivity index (χ3n) is 5.43. The van der Waals surface area contributed by atoms with Crippen LogP contribution in [-0.2, 0) is 14.3 Å². The number of ether oxygens (including phenoxy) is 2. The minimum absolute atomic E-state index is 0.266. The van der Waals surface area contributed by atoms with Crippen molar-refractivity contribution in [1.82, 2.24) is 4.57 Å². The van der Waals surface area contributed by atoms with E-state index in [-0.39, 0.29) is 11.7 Å². The molecule has 3 aromatic rings. The summed E-state index contributed by atoms with van der Waals surface area (Å²) in [5, 5.41) is 0. The summed E-state index contributed by atoms with van der Waals surface area (Å²) in [4.78, 5) is 44.4. The predicted molar refractivity (Wildman–Crippen MR) is 141 cm³/mol. The van der Waals surface area contributed by atoms with Gasteiger partial charge >= 0.3 is 11.9 Å². The van der Waals surface area contributed by atoms with E-state index < -0.39 is 18.0 Å². The van der Waals surface area contributed by atoms with Crippen LogP contribution in [0.5, 0.6) is 5.75 Å². The Morgan fingerprint density at radius 1 is 1.17 bits per heavy atom. The van der Waals surface area contributed by atoms with Gasteiger partial charge in [-0.2, -0.15) is 0 Å². The van der Waals surface area contributed by atoms with Gasteiger partial charge in [-0.15, -0.1) is 11.8 Å². The van der Waals surface area contributed by atoms with Crippen molar-refractivity contribution in [1.29, 1.82) is 0 Å². The standard InChI is InChI=1S/C27H26N2O5S2/c1-15(2)33-26(32)23-16(3)28-27-29(24(23)19-9-11-21(35-5)12-10-19)25(31)22(36-27)14-18-7-6-8-20(13-18)34-17(4)30/h6-15,24H,1-5H3. The molecule has 0 amide bonds. The van der Waals surface area contributed by atoms with Crippen LogP contribution in [-0.4, -0.2) is 28.9 Å². The molecule has 1 unspecified atom stereocenters. The van der Waals surface area contributed by atoms with Crippen molar-refractivity contribution in [3.63, 3.8) is 0 Å². The number of nitrogens with zero attached hydrogens (tertiary/aromatic N) is 2. The number of benzene rings is 2. The van der Waals surface area contributed by atoms with Gasteiger partial charge < -0.3 is 9.47 Å². The van der Waals surface area contributed by atoms with E-state index in [1.54, 1.807) is 61.4 Å². The molecule has 0 fully saturated rings. The lowest BCUT2D eigenvalue weighted by atomic mass is 9.96. The predicted octanol–water partition coefficient (Wildman–Crippen LogP) is 3.83. The number of fused-ring (bicyclic) bond motifs is 1. The highest BCUT2D eigenvalue weighted by molar-refractivity contribution is 7.98. The molecule has 1 aliphatic rings. The fraction of sp³-hybridized carbons (Fsp3) is 0.259. The monoisotopic (exact) mass is 522 g/mol. The molecule has 9 heteroatoms.